The van der Waals surface area contributed by atoms with Crippen LogP contribution in [0, 0.1) is 0 Å². The lowest BCUT2D eigenvalue weighted by molar-refractivity contribution is -0.0137. The maximum Gasteiger partial charge on any atom is 0.0785 e. The molecular weight excluding hydrogens is 202 g/mol. The van der Waals surface area contributed by atoms with Crippen molar-refractivity contribution < 1.29 is 9.47 Å². The minimum absolute atomic E-state index is 0.136. The molecule has 0 aliphatic rings. The third-order valence-corrected chi connectivity index (χ3v) is 2.23. The molecule has 0 heterocycles. The lowest BCUT2D eigenvalue weighted by Gasteiger charge is -2.13. The molecule has 16 heavy (non-hydrogen) atoms. The molecule has 0 saturated heterocycles. The summed E-state index contributed by atoms with van der Waals surface area (Å²) >= 11 is 0. The van der Waals surface area contributed by atoms with Gasteiger partial charge in [-0.2, -0.15) is 0 Å². The molecule has 1 N–H and O–H groups in total. The number of hydrogen-bond acceptors (Lipinski definition) is 3. The largest absolute Gasteiger partial charge is 0.377 e. The fourth-order valence-electron chi connectivity index (χ4n) is 1.28. The number of likely N-dealkylation sites (N-methyl/N-ethyl adjacent to an activating group) is 1. The topological polar surface area (TPSA) is 30.5 Å². The zero-order valence-corrected chi connectivity index (χ0v) is 10.1. The Morgan fingerprint density at radius 3 is 2.69 bits per heavy atom. The second-order valence-corrected chi connectivity index (χ2v) is 3.79. The second-order valence-electron chi connectivity index (χ2n) is 3.79. The van der Waals surface area contributed by atoms with Crippen molar-refractivity contribution in [2.45, 2.75) is 19.6 Å². The van der Waals surface area contributed by atoms with Gasteiger partial charge in [0.25, 0.3) is 0 Å². The lowest BCUT2D eigenvalue weighted by Crippen LogP contribution is -2.20. The highest BCUT2D eigenvalue weighted by Crippen LogP contribution is 2.03. The number of hydrogen-bond donors (Lipinski definition) is 1. The van der Waals surface area contributed by atoms with E-state index < -0.39 is 0 Å². The van der Waals surface area contributed by atoms with Gasteiger partial charge in [-0.15, -0.1) is 0 Å². The molecule has 0 aromatic heterocycles. The Morgan fingerprint density at radius 1 is 1.25 bits per heavy atom. The molecule has 0 aliphatic heterocycles. The monoisotopic (exact) mass is 223 g/mol. The van der Waals surface area contributed by atoms with E-state index in [1.165, 1.54) is 5.56 Å². The summed E-state index contributed by atoms with van der Waals surface area (Å²) in [6.45, 7) is 4.94. The Balaban J connectivity index is 2.08. The number of ether oxygens (including phenoxy) is 2. The molecule has 0 amide bonds. The molecule has 1 aromatic carbocycles. The Hall–Kier alpha value is -0.900. The van der Waals surface area contributed by atoms with Crippen molar-refractivity contribution in [2.75, 3.05) is 26.8 Å². The van der Waals surface area contributed by atoms with Crippen LogP contribution in [0.1, 0.15) is 12.5 Å². The first-order valence-corrected chi connectivity index (χ1v) is 5.71. The summed E-state index contributed by atoms with van der Waals surface area (Å²) in [6, 6.07) is 10.2. The van der Waals surface area contributed by atoms with Crippen molar-refractivity contribution in [2.24, 2.45) is 0 Å². The highest BCUT2D eigenvalue weighted by Gasteiger charge is 2.02. The molecular formula is C13H21NO2. The number of rotatable bonds is 8. The molecule has 1 aromatic rings. The summed E-state index contributed by atoms with van der Waals surface area (Å²) in [4.78, 5) is 0. The number of nitrogens with one attached hydrogen (secondary N) is 1. The van der Waals surface area contributed by atoms with E-state index in [1.807, 2.05) is 32.2 Å². The van der Waals surface area contributed by atoms with E-state index in [0.717, 1.165) is 13.2 Å². The smallest absolute Gasteiger partial charge is 0.0785 e. The van der Waals surface area contributed by atoms with Crippen LogP contribution in [0.5, 0.6) is 0 Å². The van der Waals surface area contributed by atoms with Crippen LogP contribution in [0.3, 0.4) is 0 Å². The maximum absolute atomic E-state index is 5.66. The van der Waals surface area contributed by atoms with Gasteiger partial charge in [0.15, 0.2) is 0 Å². The first-order chi connectivity index (χ1) is 7.83. The SMILES string of the molecule is CNCCOCC(C)OCc1ccccc1. The Labute approximate surface area is 97.8 Å². The van der Waals surface area contributed by atoms with E-state index in [-0.39, 0.29) is 6.10 Å². The normalized spacial score (nSPS) is 12.6. The van der Waals surface area contributed by atoms with Crippen LogP contribution in [-0.4, -0.2) is 32.9 Å². The standard InChI is InChI=1S/C13H21NO2/c1-12(10-15-9-8-14-2)16-11-13-6-4-3-5-7-13/h3-7,12,14H,8-11H2,1-2H3. The van der Waals surface area contributed by atoms with Crippen LogP contribution < -0.4 is 5.32 Å². The molecule has 90 valence electrons. The summed E-state index contributed by atoms with van der Waals surface area (Å²) in [6.07, 6.45) is 0.136. The van der Waals surface area contributed by atoms with Crippen molar-refractivity contribution in [3.8, 4) is 0 Å². The minimum atomic E-state index is 0.136. The predicted octanol–water partition coefficient (Wildman–Crippen LogP) is 1.83. The van der Waals surface area contributed by atoms with Gasteiger partial charge in [0.2, 0.25) is 0 Å². The van der Waals surface area contributed by atoms with E-state index in [1.54, 1.807) is 0 Å². The molecule has 3 nitrogen and oxygen atoms in total. The fraction of sp³-hybridized carbons (Fsp3) is 0.538. The second kappa shape index (κ2) is 8.28. The lowest BCUT2D eigenvalue weighted by atomic mass is 10.2. The molecule has 1 rings (SSSR count). The summed E-state index contributed by atoms with van der Waals surface area (Å²) in [7, 11) is 1.92. The Bertz CT molecular complexity index is 264. The average molecular weight is 223 g/mol. The zero-order chi connectivity index (χ0) is 11.6. The van der Waals surface area contributed by atoms with E-state index in [2.05, 4.69) is 17.4 Å². The Morgan fingerprint density at radius 2 is 2.00 bits per heavy atom. The van der Waals surface area contributed by atoms with E-state index >= 15 is 0 Å². The molecule has 0 fully saturated rings. The van der Waals surface area contributed by atoms with Crippen LogP contribution in [0.25, 0.3) is 0 Å². The zero-order valence-electron chi connectivity index (χ0n) is 10.1. The average Bonchev–Trinajstić information content (AvgIpc) is 2.33. The molecule has 0 bridgehead atoms. The maximum atomic E-state index is 5.66. The summed E-state index contributed by atoms with van der Waals surface area (Å²) in [5.74, 6) is 0. The van der Waals surface area contributed by atoms with Crippen molar-refractivity contribution in [3.05, 3.63) is 35.9 Å². The minimum Gasteiger partial charge on any atom is -0.377 e. The molecule has 0 aliphatic carbocycles. The van der Waals surface area contributed by atoms with E-state index in [9.17, 15) is 0 Å². The van der Waals surface area contributed by atoms with Gasteiger partial charge in [-0.05, 0) is 19.5 Å². The van der Waals surface area contributed by atoms with Gasteiger partial charge < -0.3 is 14.8 Å². The molecule has 1 unspecified atom stereocenters. The highest BCUT2D eigenvalue weighted by atomic mass is 16.5. The first-order valence-electron chi connectivity index (χ1n) is 5.71. The molecule has 0 spiro atoms. The molecule has 1 atom stereocenters. The van der Waals surface area contributed by atoms with Crippen molar-refractivity contribution in [1.82, 2.24) is 5.32 Å². The van der Waals surface area contributed by atoms with E-state index in [4.69, 9.17) is 9.47 Å². The van der Waals surface area contributed by atoms with Gasteiger partial charge in [-0.3, -0.25) is 0 Å². The fourth-order valence-corrected chi connectivity index (χ4v) is 1.28. The Kier molecular flexibility index (Phi) is 6.81. The van der Waals surface area contributed by atoms with Gasteiger partial charge in [-0.25, -0.2) is 0 Å². The highest BCUT2D eigenvalue weighted by molar-refractivity contribution is 5.13. The molecule has 0 saturated carbocycles. The molecule has 0 radical (unpaired) electrons. The summed E-state index contributed by atoms with van der Waals surface area (Å²) in [5.41, 5.74) is 1.20. The van der Waals surface area contributed by atoms with Crippen LogP contribution >= 0.6 is 0 Å². The first kappa shape index (κ1) is 13.2. The van der Waals surface area contributed by atoms with Gasteiger partial charge in [0, 0.05) is 6.54 Å². The summed E-state index contributed by atoms with van der Waals surface area (Å²) < 4.78 is 11.1. The van der Waals surface area contributed by atoms with Gasteiger partial charge in [-0.1, -0.05) is 30.3 Å². The predicted molar refractivity (Wildman–Crippen MR) is 65.4 cm³/mol. The molecule has 3 heteroatoms. The third-order valence-electron chi connectivity index (χ3n) is 2.23. The van der Waals surface area contributed by atoms with Crippen LogP contribution in [0.2, 0.25) is 0 Å². The van der Waals surface area contributed by atoms with Crippen molar-refractivity contribution >= 4 is 0 Å². The van der Waals surface area contributed by atoms with Gasteiger partial charge in [0.1, 0.15) is 0 Å². The number of benzene rings is 1. The van der Waals surface area contributed by atoms with Crippen LogP contribution in [-0.2, 0) is 16.1 Å². The third kappa shape index (κ3) is 5.85. The van der Waals surface area contributed by atoms with Crippen molar-refractivity contribution in [3.63, 3.8) is 0 Å². The quantitative estimate of drug-likeness (QED) is 0.682. The van der Waals surface area contributed by atoms with Gasteiger partial charge >= 0.3 is 0 Å². The van der Waals surface area contributed by atoms with E-state index in [0.29, 0.717) is 13.2 Å². The summed E-state index contributed by atoms with van der Waals surface area (Å²) in [5, 5.41) is 3.03. The van der Waals surface area contributed by atoms with Crippen LogP contribution in [0.15, 0.2) is 30.3 Å². The van der Waals surface area contributed by atoms with Gasteiger partial charge in [0.05, 0.1) is 25.9 Å². The van der Waals surface area contributed by atoms with Crippen LogP contribution in [0.4, 0.5) is 0 Å². The van der Waals surface area contributed by atoms with Crippen molar-refractivity contribution in [1.29, 1.82) is 0 Å².